The van der Waals surface area contributed by atoms with Gasteiger partial charge in [0.1, 0.15) is 6.17 Å². The Hall–Kier alpha value is -0.180. The van der Waals surface area contributed by atoms with Gasteiger partial charge in [0.15, 0.2) is 0 Å². The fourth-order valence-electron chi connectivity index (χ4n) is 0.454. The number of hydrogen-bond donors (Lipinski definition) is 1. The third kappa shape index (κ3) is 0.881. The summed E-state index contributed by atoms with van der Waals surface area (Å²) in [4.78, 5) is 0. The molecule has 0 fully saturated rings. The highest BCUT2D eigenvalue weighted by Crippen LogP contribution is 2.07. The predicted octanol–water partition coefficient (Wildman–Crippen LogP) is 1.02. The smallest absolute Gasteiger partial charge is 0.106 e. The van der Waals surface area contributed by atoms with E-state index in [1.54, 1.807) is 0 Å². The standard InChI is InChI=1S/C4H7BrN2/c1-4-6-2-3-7(4)5/h2-4,6H,1H3. The minimum Gasteiger partial charge on any atom is -0.370 e. The van der Waals surface area contributed by atoms with Gasteiger partial charge in [-0.15, -0.1) is 0 Å². The van der Waals surface area contributed by atoms with Gasteiger partial charge in [-0.2, -0.15) is 0 Å². The van der Waals surface area contributed by atoms with E-state index in [0.717, 1.165) is 0 Å². The minimum absolute atomic E-state index is 0.403. The lowest BCUT2D eigenvalue weighted by Gasteiger charge is -2.11. The highest BCUT2D eigenvalue weighted by atomic mass is 79.9. The van der Waals surface area contributed by atoms with Crippen LogP contribution in [-0.2, 0) is 0 Å². The van der Waals surface area contributed by atoms with Crippen molar-refractivity contribution in [2.75, 3.05) is 0 Å². The molecule has 0 spiro atoms. The van der Waals surface area contributed by atoms with E-state index < -0.39 is 0 Å². The van der Waals surface area contributed by atoms with E-state index in [1.165, 1.54) is 0 Å². The zero-order valence-corrected chi connectivity index (χ0v) is 5.64. The summed E-state index contributed by atoms with van der Waals surface area (Å²) in [5.41, 5.74) is 0. The molecule has 40 valence electrons. The van der Waals surface area contributed by atoms with Gasteiger partial charge in [-0.3, -0.25) is 3.93 Å². The molecule has 1 rings (SSSR count). The Labute approximate surface area is 51.5 Å². The van der Waals surface area contributed by atoms with Crippen LogP contribution >= 0.6 is 16.1 Å². The Morgan fingerprint density at radius 3 is 2.71 bits per heavy atom. The third-order valence-corrected chi connectivity index (χ3v) is 1.78. The van der Waals surface area contributed by atoms with Gasteiger partial charge in [-0.1, -0.05) is 0 Å². The van der Waals surface area contributed by atoms with E-state index in [9.17, 15) is 0 Å². The Bertz CT molecular complexity index is 91.7. The van der Waals surface area contributed by atoms with Crippen LogP contribution in [0.25, 0.3) is 0 Å². The molecule has 1 aliphatic heterocycles. The van der Waals surface area contributed by atoms with Crippen molar-refractivity contribution in [3.05, 3.63) is 12.4 Å². The number of halogens is 1. The lowest BCUT2D eigenvalue weighted by Crippen LogP contribution is -2.24. The molecule has 0 aromatic carbocycles. The fraction of sp³-hybridized carbons (Fsp3) is 0.500. The first kappa shape index (κ1) is 4.97. The van der Waals surface area contributed by atoms with E-state index in [0.29, 0.717) is 6.17 Å². The molecule has 1 heterocycles. The first-order chi connectivity index (χ1) is 3.30. The Morgan fingerprint density at radius 2 is 2.57 bits per heavy atom. The van der Waals surface area contributed by atoms with Crippen molar-refractivity contribution in [1.82, 2.24) is 9.24 Å². The molecule has 1 N–H and O–H groups in total. The monoisotopic (exact) mass is 162 g/mol. The largest absolute Gasteiger partial charge is 0.370 e. The highest BCUT2D eigenvalue weighted by Gasteiger charge is 2.07. The van der Waals surface area contributed by atoms with E-state index in [2.05, 4.69) is 28.4 Å². The van der Waals surface area contributed by atoms with E-state index in [4.69, 9.17) is 0 Å². The quantitative estimate of drug-likeness (QED) is 0.536. The van der Waals surface area contributed by atoms with Crippen molar-refractivity contribution in [2.45, 2.75) is 13.1 Å². The van der Waals surface area contributed by atoms with Crippen LogP contribution in [0.1, 0.15) is 6.92 Å². The summed E-state index contributed by atoms with van der Waals surface area (Å²) in [7, 11) is 0. The molecule has 7 heavy (non-hydrogen) atoms. The number of hydrogen-bond acceptors (Lipinski definition) is 2. The molecule has 2 nitrogen and oxygen atoms in total. The van der Waals surface area contributed by atoms with Gasteiger partial charge in [0, 0.05) is 12.4 Å². The van der Waals surface area contributed by atoms with Gasteiger partial charge in [-0.05, 0) is 6.92 Å². The molecule has 0 amide bonds. The molecule has 0 aromatic rings. The van der Waals surface area contributed by atoms with Gasteiger partial charge in [-0.25, -0.2) is 0 Å². The van der Waals surface area contributed by atoms with Crippen LogP contribution in [0.5, 0.6) is 0 Å². The maximum Gasteiger partial charge on any atom is 0.106 e. The van der Waals surface area contributed by atoms with Crippen LogP contribution in [0.15, 0.2) is 12.4 Å². The summed E-state index contributed by atoms with van der Waals surface area (Å²) in [6.45, 7) is 2.06. The Morgan fingerprint density at radius 1 is 1.86 bits per heavy atom. The molecule has 0 bridgehead atoms. The average Bonchev–Trinajstić information content (AvgIpc) is 1.91. The molecular weight excluding hydrogens is 156 g/mol. The van der Waals surface area contributed by atoms with Gasteiger partial charge >= 0.3 is 0 Å². The number of nitrogens with one attached hydrogen (secondary N) is 1. The number of nitrogens with zero attached hydrogens (tertiary/aromatic N) is 1. The Balaban J connectivity index is 2.45. The predicted molar refractivity (Wildman–Crippen MR) is 32.5 cm³/mol. The summed E-state index contributed by atoms with van der Waals surface area (Å²) >= 11 is 3.29. The van der Waals surface area contributed by atoms with Crippen LogP contribution in [0.2, 0.25) is 0 Å². The summed E-state index contributed by atoms with van der Waals surface area (Å²) in [5, 5.41) is 3.07. The first-order valence-electron chi connectivity index (χ1n) is 2.17. The molecule has 1 aliphatic rings. The molecule has 0 saturated carbocycles. The second-order valence-electron chi connectivity index (χ2n) is 1.50. The first-order valence-corrected chi connectivity index (χ1v) is 2.88. The lowest BCUT2D eigenvalue weighted by molar-refractivity contribution is 0.487. The van der Waals surface area contributed by atoms with Crippen molar-refractivity contribution in [3.8, 4) is 0 Å². The molecule has 1 unspecified atom stereocenters. The van der Waals surface area contributed by atoms with Crippen LogP contribution in [-0.4, -0.2) is 10.1 Å². The van der Waals surface area contributed by atoms with E-state index in [1.807, 2.05) is 16.3 Å². The lowest BCUT2D eigenvalue weighted by atomic mass is 10.6. The summed E-state index contributed by atoms with van der Waals surface area (Å²) in [6, 6.07) is 0. The normalized spacial score (nSPS) is 28.3. The SMILES string of the molecule is CC1NC=CN1Br. The average molecular weight is 163 g/mol. The molecule has 0 aliphatic carbocycles. The maximum absolute atomic E-state index is 3.29. The summed E-state index contributed by atoms with van der Waals surface area (Å²) < 4.78 is 1.92. The van der Waals surface area contributed by atoms with Crippen LogP contribution in [0.3, 0.4) is 0 Å². The van der Waals surface area contributed by atoms with Crippen LogP contribution in [0, 0.1) is 0 Å². The molecular formula is C4H7BrN2. The van der Waals surface area contributed by atoms with Gasteiger partial charge < -0.3 is 5.32 Å². The molecule has 0 aromatic heterocycles. The highest BCUT2D eigenvalue weighted by molar-refractivity contribution is 9.07. The number of rotatable bonds is 0. The van der Waals surface area contributed by atoms with Crippen LogP contribution < -0.4 is 5.32 Å². The Kier molecular flexibility index (Phi) is 1.23. The zero-order chi connectivity index (χ0) is 5.28. The molecule has 3 heteroatoms. The molecule has 0 saturated heterocycles. The van der Waals surface area contributed by atoms with Crippen molar-refractivity contribution in [3.63, 3.8) is 0 Å². The second-order valence-corrected chi connectivity index (χ2v) is 2.32. The topological polar surface area (TPSA) is 15.3 Å². The van der Waals surface area contributed by atoms with Crippen molar-refractivity contribution >= 4 is 16.1 Å². The van der Waals surface area contributed by atoms with Crippen molar-refractivity contribution in [2.24, 2.45) is 0 Å². The van der Waals surface area contributed by atoms with Gasteiger partial charge in [0.05, 0.1) is 16.1 Å². The maximum atomic E-state index is 3.29. The molecule has 0 radical (unpaired) electrons. The fourth-order valence-corrected chi connectivity index (χ4v) is 0.690. The van der Waals surface area contributed by atoms with E-state index in [-0.39, 0.29) is 0 Å². The second kappa shape index (κ2) is 1.74. The van der Waals surface area contributed by atoms with E-state index >= 15 is 0 Å². The van der Waals surface area contributed by atoms with Gasteiger partial charge in [0.2, 0.25) is 0 Å². The van der Waals surface area contributed by atoms with Crippen LogP contribution in [0.4, 0.5) is 0 Å². The minimum atomic E-state index is 0.403. The van der Waals surface area contributed by atoms with Crippen molar-refractivity contribution in [1.29, 1.82) is 0 Å². The third-order valence-electron chi connectivity index (χ3n) is 0.924. The zero-order valence-electron chi connectivity index (χ0n) is 4.06. The summed E-state index contributed by atoms with van der Waals surface area (Å²) in [6.07, 6.45) is 4.24. The molecule has 1 atom stereocenters. The summed E-state index contributed by atoms with van der Waals surface area (Å²) in [5.74, 6) is 0. The van der Waals surface area contributed by atoms with Gasteiger partial charge in [0.25, 0.3) is 0 Å². The van der Waals surface area contributed by atoms with Crippen molar-refractivity contribution < 1.29 is 0 Å².